The summed E-state index contributed by atoms with van der Waals surface area (Å²) in [6.45, 7) is 4.33. The van der Waals surface area contributed by atoms with Crippen molar-refractivity contribution in [2.45, 2.75) is 13.1 Å². The Morgan fingerprint density at radius 1 is 1.27 bits per heavy atom. The number of halogens is 2. The van der Waals surface area contributed by atoms with E-state index in [1.807, 2.05) is 0 Å². The van der Waals surface area contributed by atoms with Crippen molar-refractivity contribution in [2.24, 2.45) is 0 Å². The smallest absolute Gasteiger partial charge is 0.0857 e. The summed E-state index contributed by atoms with van der Waals surface area (Å²) in [6, 6.07) is 10.6. The average Bonchev–Trinajstić information content (AvgIpc) is 2.66. The van der Waals surface area contributed by atoms with Crippen molar-refractivity contribution in [3.05, 3.63) is 36.1 Å². The van der Waals surface area contributed by atoms with Gasteiger partial charge >= 0.3 is 53.5 Å². The van der Waals surface area contributed by atoms with Gasteiger partial charge in [0.25, 0.3) is 0 Å². The summed E-state index contributed by atoms with van der Waals surface area (Å²) >= 11 is -1.65. The Labute approximate surface area is 107 Å². The minimum absolute atomic E-state index is 0.224. The van der Waals surface area contributed by atoms with Crippen LogP contribution >= 0.6 is 25.2 Å². The number of fused-ring (bicyclic) bond motifs is 1. The fraction of sp³-hybridized carbons (Fsp3) is 0.200. The molecule has 0 amide bonds. The molecule has 0 aliphatic heterocycles. The molecule has 0 aliphatic carbocycles. The summed E-state index contributed by atoms with van der Waals surface area (Å²) in [7, 11) is 12.6. The molecule has 1 aromatic heterocycles. The van der Waals surface area contributed by atoms with Crippen LogP contribution in [0, 0.1) is 0 Å². The maximum absolute atomic E-state index is 5.62. The van der Waals surface area contributed by atoms with Gasteiger partial charge in [0.05, 0.1) is 0 Å². The molecule has 80 valence electrons. The van der Waals surface area contributed by atoms with E-state index in [0.29, 0.717) is 0 Å². The molecule has 0 atom stereocenters. The molecule has 0 saturated heterocycles. The molecule has 0 aliphatic rings. The molecule has 2 aromatic rings. The summed E-state index contributed by atoms with van der Waals surface area (Å²) in [5, 5.41) is 2.80. The number of hydrogen-bond acceptors (Lipinski definition) is 0. The van der Waals surface area contributed by atoms with Crippen LogP contribution in [-0.2, 0) is 18.0 Å². The first-order valence-electron chi connectivity index (χ1n) is 4.56. The Bertz CT molecular complexity index is 419. The van der Waals surface area contributed by atoms with Crippen LogP contribution in [0.2, 0.25) is 13.1 Å². The summed E-state index contributed by atoms with van der Waals surface area (Å²) in [5.41, 5.74) is -0.224. The number of rotatable bonds is 0. The van der Waals surface area contributed by atoms with Crippen molar-refractivity contribution in [3.8, 4) is 0 Å². The molecule has 1 heterocycles. The van der Waals surface area contributed by atoms with Crippen LogP contribution in [0.1, 0.15) is 0 Å². The Morgan fingerprint density at radius 2 is 1.87 bits per heavy atom. The van der Waals surface area contributed by atoms with Gasteiger partial charge in [-0.25, -0.2) is 0 Å². The minimum atomic E-state index is -1.65. The van der Waals surface area contributed by atoms with E-state index in [2.05, 4.69) is 49.2 Å². The molecular weight excluding hydrogens is 341 g/mol. The molecule has 0 bridgehead atoms. The molecule has 0 N–H and O–H groups in total. The molecule has 1 aromatic carbocycles. The van der Waals surface area contributed by atoms with Crippen molar-refractivity contribution < 1.29 is 18.0 Å². The first-order valence-corrected chi connectivity index (χ1v) is 18.0. The van der Waals surface area contributed by atoms with Gasteiger partial charge in [0.2, 0.25) is 0 Å². The Hall–Kier alpha value is 0.940. The quantitative estimate of drug-likeness (QED) is 0.445. The van der Waals surface area contributed by atoms with E-state index < -0.39 is 18.0 Å². The molecule has 0 radical (unpaired) electrons. The largest absolute Gasteiger partial charge is 0.176 e. The summed E-state index contributed by atoms with van der Waals surface area (Å²) in [6.07, 6.45) is 0. The van der Waals surface area contributed by atoms with Crippen LogP contribution in [0.3, 0.4) is 0 Å². The zero-order valence-corrected chi connectivity index (χ0v) is 14.5. The van der Waals surface area contributed by atoms with Gasteiger partial charge in [0, 0.05) is 0 Å². The molecule has 0 saturated carbocycles. The van der Waals surface area contributed by atoms with Crippen LogP contribution in [0.25, 0.3) is 10.5 Å². The van der Waals surface area contributed by atoms with Crippen LogP contribution in [-0.4, -0.2) is 5.43 Å². The van der Waals surface area contributed by atoms with E-state index in [1.54, 1.807) is 0 Å². The van der Waals surface area contributed by atoms with E-state index in [1.165, 1.54) is 18.7 Å². The summed E-state index contributed by atoms with van der Waals surface area (Å²) in [5.74, 6) is 2.17. The van der Waals surface area contributed by atoms with Crippen molar-refractivity contribution in [1.82, 2.24) is 0 Å². The molecule has 0 nitrogen and oxygen atoms in total. The molecule has 2 rings (SSSR count). The SMILES string of the molecule is C[Si](C)=[Zr]([Cl])[Cl].c1ccc2pc[cH-]c2c1. The minimum Gasteiger partial charge on any atom is -0.176 e. The van der Waals surface area contributed by atoms with Crippen molar-refractivity contribution in [1.29, 1.82) is 0 Å². The van der Waals surface area contributed by atoms with Gasteiger partial charge in [-0.1, -0.05) is 6.07 Å². The van der Waals surface area contributed by atoms with Gasteiger partial charge in [-0.05, 0) is 0 Å². The predicted octanol–water partition coefficient (Wildman–Crippen LogP) is 5.30. The van der Waals surface area contributed by atoms with E-state index in [0.717, 1.165) is 0 Å². The van der Waals surface area contributed by atoms with Crippen LogP contribution in [0.4, 0.5) is 0 Å². The number of benzene rings is 1. The van der Waals surface area contributed by atoms with Crippen LogP contribution in [0.5, 0.6) is 0 Å². The topological polar surface area (TPSA) is 0 Å². The van der Waals surface area contributed by atoms with Crippen LogP contribution in [0.15, 0.2) is 36.1 Å². The maximum atomic E-state index is 5.62. The molecule has 5 heteroatoms. The van der Waals surface area contributed by atoms with Crippen molar-refractivity contribution >= 4 is 41.2 Å². The molecular formula is C10H12Cl2PSiZr-. The Balaban J connectivity index is 0.000000167. The number of hydrogen-bond donors (Lipinski definition) is 0. The summed E-state index contributed by atoms with van der Waals surface area (Å²) < 4.78 is 0. The second-order valence-corrected chi connectivity index (χ2v) is 27.3. The predicted molar refractivity (Wildman–Crippen MR) is 71.2 cm³/mol. The van der Waals surface area contributed by atoms with E-state index in [9.17, 15) is 0 Å². The second-order valence-electron chi connectivity index (χ2n) is 3.26. The van der Waals surface area contributed by atoms with Gasteiger partial charge in [-0.2, -0.15) is 25.7 Å². The van der Waals surface area contributed by atoms with Gasteiger partial charge < -0.3 is 0 Å². The second kappa shape index (κ2) is 7.30. The molecule has 15 heavy (non-hydrogen) atoms. The Morgan fingerprint density at radius 3 is 2.40 bits per heavy atom. The molecule has 0 unspecified atom stereocenters. The van der Waals surface area contributed by atoms with E-state index in [4.69, 9.17) is 17.0 Å². The van der Waals surface area contributed by atoms with Crippen LogP contribution < -0.4 is 0 Å². The Kier molecular flexibility index (Phi) is 6.82. The van der Waals surface area contributed by atoms with Gasteiger partial charge in [0.1, 0.15) is 0 Å². The first-order chi connectivity index (χ1) is 7.11. The van der Waals surface area contributed by atoms with Gasteiger partial charge in [-0.3, -0.25) is 0 Å². The zero-order chi connectivity index (χ0) is 11.3. The molecule has 0 fully saturated rings. The van der Waals surface area contributed by atoms with Gasteiger partial charge in [-0.15, -0.1) is 23.0 Å². The van der Waals surface area contributed by atoms with E-state index in [-0.39, 0.29) is 5.43 Å². The van der Waals surface area contributed by atoms with Crippen molar-refractivity contribution in [3.63, 3.8) is 0 Å². The van der Waals surface area contributed by atoms with E-state index >= 15 is 0 Å². The first kappa shape index (κ1) is 14.0. The maximum Gasteiger partial charge on any atom is -0.0857 e. The third kappa shape index (κ3) is 5.20. The molecule has 0 spiro atoms. The normalized spacial score (nSPS) is 9.87. The van der Waals surface area contributed by atoms with Gasteiger partial charge in [0.15, 0.2) is 0 Å². The third-order valence-corrected chi connectivity index (χ3v) is 22.5. The fourth-order valence-electron chi connectivity index (χ4n) is 0.944. The monoisotopic (exact) mass is 351 g/mol. The average molecular weight is 353 g/mol. The third-order valence-electron chi connectivity index (χ3n) is 1.78. The summed E-state index contributed by atoms with van der Waals surface area (Å²) in [4.78, 5) is 0. The van der Waals surface area contributed by atoms with Crippen molar-refractivity contribution in [2.75, 3.05) is 0 Å². The zero-order valence-electron chi connectivity index (χ0n) is 8.67. The standard InChI is InChI=1S/C8H6P.C2H6Si.2ClH.Zr/c1-2-4-8-7(3-1)5-6-9-8;1-3-2;;;/h1-6H;1-2H3;2*1H;/q-1;;;;+2/p-2. The fourth-order valence-corrected chi connectivity index (χ4v) is 1.81.